The molecule has 0 spiro atoms. The highest BCUT2D eigenvalue weighted by Gasteiger charge is 2.33. The summed E-state index contributed by atoms with van der Waals surface area (Å²) in [5.74, 6) is 0.530. The molecule has 0 amide bonds. The van der Waals surface area contributed by atoms with Crippen LogP contribution in [0.15, 0.2) is 0 Å². The van der Waals surface area contributed by atoms with Crippen molar-refractivity contribution in [2.45, 2.75) is 51.5 Å². The zero-order valence-electron chi connectivity index (χ0n) is 12.3. The summed E-state index contributed by atoms with van der Waals surface area (Å²) < 4.78 is 2.23. The van der Waals surface area contributed by atoms with Crippen LogP contribution in [0.5, 0.6) is 0 Å². The van der Waals surface area contributed by atoms with Crippen molar-refractivity contribution in [3.05, 3.63) is 17.2 Å². The normalized spacial score (nSPS) is 26.7. The predicted octanol–water partition coefficient (Wildman–Crippen LogP) is 2.29. The van der Waals surface area contributed by atoms with Gasteiger partial charge in [-0.05, 0) is 45.7 Å². The molecule has 2 aliphatic heterocycles. The molecule has 110 valence electrons. The van der Waals surface area contributed by atoms with E-state index in [1.807, 2.05) is 0 Å². The average Bonchev–Trinajstić information content (AvgIpc) is 3.02. The lowest BCUT2D eigenvalue weighted by Gasteiger charge is -2.26. The summed E-state index contributed by atoms with van der Waals surface area (Å²) in [5.41, 5.74) is 1.24. The van der Waals surface area contributed by atoms with Gasteiger partial charge in [0, 0.05) is 18.5 Å². The first-order chi connectivity index (χ1) is 9.61. The summed E-state index contributed by atoms with van der Waals surface area (Å²) in [6.45, 7) is 7.53. The van der Waals surface area contributed by atoms with E-state index in [1.54, 1.807) is 0 Å². The van der Waals surface area contributed by atoms with Crippen LogP contribution in [-0.4, -0.2) is 45.2 Å². The Morgan fingerprint density at radius 1 is 1.45 bits per heavy atom. The highest BCUT2D eigenvalue weighted by atomic mass is 16.4. The minimum atomic E-state index is -0.876. The number of aromatic carboxylic acids is 1. The molecule has 0 aliphatic carbocycles. The first-order valence-corrected chi connectivity index (χ1v) is 7.68. The van der Waals surface area contributed by atoms with Crippen LogP contribution in [0.3, 0.4) is 0 Å². The number of nitrogens with zero attached hydrogens (tertiary/aromatic N) is 3. The van der Waals surface area contributed by atoms with Crippen molar-refractivity contribution in [3.63, 3.8) is 0 Å². The molecule has 3 rings (SSSR count). The van der Waals surface area contributed by atoms with E-state index in [4.69, 9.17) is 0 Å². The number of imidazole rings is 1. The molecule has 2 atom stereocenters. The number of hydrogen-bond acceptors (Lipinski definition) is 3. The van der Waals surface area contributed by atoms with Gasteiger partial charge >= 0.3 is 5.97 Å². The molecule has 1 aromatic heterocycles. The van der Waals surface area contributed by atoms with E-state index in [0.29, 0.717) is 17.7 Å². The van der Waals surface area contributed by atoms with Crippen molar-refractivity contribution in [1.29, 1.82) is 0 Å². The number of likely N-dealkylation sites (N-methyl/N-ethyl adjacent to an activating group) is 1. The Hall–Kier alpha value is -1.36. The van der Waals surface area contributed by atoms with E-state index >= 15 is 0 Å². The third kappa shape index (κ3) is 2.14. The van der Waals surface area contributed by atoms with Gasteiger partial charge in [0.05, 0.1) is 5.69 Å². The van der Waals surface area contributed by atoms with Crippen LogP contribution in [-0.2, 0) is 6.42 Å². The van der Waals surface area contributed by atoms with Crippen molar-refractivity contribution in [1.82, 2.24) is 14.5 Å². The Morgan fingerprint density at radius 2 is 2.25 bits per heavy atom. The van der Waals surface area contributed by atoms with Crippen molar-refractivity contribution in [2.75, 3.05) is 19.6 Å². The molecule has 1 saturated heterocycles. The molecule has 20 heavy (non-hydrogen) atoms. The number of carboxylic acid groups (broad SMARTS) is 1. The summed E-state index contributed by atoms with van der Waals surface area (Å²) in [6.07, 6.45) is 4.14. The van der Waals surface area contributed by atoms with Crippen LogP contribution >= 0.6 is 0 Å². The minimum Gasteiger partial charge on any atom is -0.476 e. The largest absolute Gasteiger partial charge is 0.476 e. The van der Waals surface area contributed by atoms with Gasteiger partial charge < -0.3 is 14.6 Å². The van der Waals surface area contributed by atoms with Gasteiger partial charge in [0.25, 0.3) is 0 Å². The second-order valence-electron chi connectivity index (χ2n) is 6.06. The van der Waals surface area contributed by atoms with Gasteiger partial charge in [-0.2, -0.15) is 0 Å². The first kappa shape index (κ1) is 13.6. The first-order valence-electron chi connectivity index (χ1n) is 7.68. The molecule has 1 aromatic rings. The van der Waals surface area contributed by atoms with E-state index in [0.717, 1.165) is 56.8 Å². The van der Waals surface area contributed by atoms with E-state index in [2.05, 4.69) is 28.3 Å². The zero-order valence-corrected chi connectivity index (χ0v) is 12.3. The Labute approximate surface area is 119 Å². The van der Waals surface area contributed by atoms with Crippen LogP contribution in [0.2, 0.25) is 0 Å². The molecule has 1 N–H and O–H groups in total. The summed E-state index contributed by atoms with van der Waals surface area (Å²) in [7, 11) is 0. The smallest absolute Gasteiger partial charge is 0.356 e. The average molecular weight is 277 g/mol. The summed E-state index contributed by atoms with van der Waals surface area (Å²) >= 11 is 0. The number of hydrogen-bond donors (Lipinski definition) is 1. The molecule has 5 nitrogen and oxygen atoms in total. The number of rotatable bonds is 3. The van der Waals surface area contributed by atoms with Crippen molar-refractivity contribution >= 4 is 5.97 Å². The van der Waals surface area contributed by atoms with E-state index in [9.17, 15) is 9.90 Å². The molecule has 2 aliphatic rings. The monoisotopic (exact) mass is 277 g/mol. The van der Waals surface area contributed by atoms with Gasteiger partial charge in [-0.3, -0.25) is 0 Å². The number of aromatic nitrogens is 2. The SMILES string of the molecule is CCN1CCC(c2nc(C(=O)O)c3n2C(C)CCC3)C1. The summed E-state index contributed by atoms with van der Waals surface area (Å²) in [4.78, 5) is 18.4. The van der Waals surface area contributed by atoms with Gasteiger partial charge in [0.15, 0.2) is 5.69 Å². The maximum atomic E-state index is 11.4. The second-order valence-corrected chi connectivity index (χ2v) is 6.06. The van der Waals surface area contributed by atoms with Crippen molar-refractivity contribution < 1.29 is 9.90 Å². The molecule has 0 radical (unpaired) electrons. The fourth-order valence-electron chi connectivity index (χ4n) is 3.70. The van der Waals surface area contributed by atoms with Gasteiger partial charge in [0.1, 0.15) is 5.82 Å². The lowest BCUT2D eigenvalue weighted by Crippen LogP contribution is -2.22. The van der Waals surface area contributed by atoms with E-state index < -0.39 is 5.97 Å². The third-order valence-corrected chi connectivity index (χ3v) is 4.80. The Bertz CT molecular complexity index is 523. The minimum absolute atomic E-state index is 0.293. The fraction of sp³-hybridized carbons (Fsp3) is 0.733. The highest BCUT2D eigenvalue weighted by Crippen LogP contribution is 2.35. The maximum Gasteiger partial charge on any atom is 0.356 e. The molecule has 5 heteroatoms. The molecule has 0 aromatic carbocycles. The van der Waals surface area contributed by atoms with Gasteiger partial charge in [0.2, 0.25) is 0 Å². The van der Waals surface area contributed by atoms with Crippen molar-refractivity contribution in [3.8, 4) is 0 Å². The quantitative estimate of drug-likeness (QED) is 0.921. The van der Waals surface area contributed by atoms with E-state index in [-0.39, 0.29) is 0 Å². The lowest BCUT2D eigenvalue weighted by molar-refractivity contribution is 0.0689. The van der Waals surface area contributed by atoms with Crippen LogP contribution in [0.4, 0.5) is 0 Å². The number of fused-ring (bicyclic) bond motifs is 1. The second kappa shape index (κ2) is 5.20. The Morgan fingerprint density at radius 3 is 2.90 bits per heavy atom. The van der Waals surface area contributed by atoms with Crippen molar-refractivity contribution in [2.24, 2.45) is 0 Å². The summed E-state index contributed by atoms with van der Waals surface area (Å²) in [6, 6.07) is 0.380. The summed E-state index contributed by atoms with van der Waals surface area (Å²) in [5, 5.41) is 9.40. The van der Waals surface area contributed by atoms with Gasteiger partial charge in [-0.25, -0.2) is 9.78 Å². The fourth-order valence-corrected chi connectivity index (χ4v) is 3.70. The Balaban J connectivity index is 2.00. The lowest BCUT2D eigenvalue weighted by atomic mass is 10.0. The van der Waals surface area contributed by atoms with Gasteiger partial charge in [-0.15, -0.1) is 0 Å². The van der Waals surface area contributed by atoms with Crippen LogP contribution in [0.25, 0.3) is 0 Å². The van der Waals surface area contributed by atoms with Crippen LogP contribution < -0.4 is 0 Å². The standard InChI is InChI=1S/C15H23N3O2/c1-3-17-8-7-11(9-17)14-16-13(15(19)20)12-6-4-5-10(2)18(12)14/h10-11H,3-9H2,1-2H3,(H,19,20). The Kier molecular flexibility index (Phi) is 3.54. The predicted molar refractivity (Wildman–Crippen MR) is 76.3 cm³/mol. The van der Waals surface area contributed by atoms with Crippen LogP contribution in [0, 0.1) is 0 Å². The molecule has 3 heterocycles. The topological polar surface area (TPSA) is 58.4 Å². The number of carboxylic acids is 1. The zero-order chi connectivity index (χ0) is 14.3. The molecular formula is C15H23N3O2. The van der Waals surface area contributed by atoms with Gasteiger partial charge in [-0.1, -0.05) is 6.92 Å². The number of carbonyl (C=O) groups is 1. The van der Waals surface area contributed by atoms with Crippen LogP contribution in [0.1, 0.15) is 67.1 Å². The molecule has 0 saturated carbocycles. The molecule has 0 bridgehead atoms. The third-order valence-electron chi connectivity index (χ3n) is 4.80. The van der Waals surface area contributed by atoms with E-state index in [1.165, 1.54) is 0 Å². The molecule has 2 unspecified atom stereocenters. The highest BCUT2D eigenvalue weighted by molar-refractivity contribution is 5.87. The number of likely N-dealkylation sites (tertiary alicyclic amines) is 1. The molecule has 1 fully saturated rings. The molecular weight excluding hydrogens is 254 g/mol. The maximum absolute atomic E-state index is 11.4.